The van der Waals surface area contributed by atoms with Crippen molar-refractivity contribution in [2.45, 2.75) is 13.5 Å². The monoisotopic (exact) mass is 345 g/mol. The first-order valence-corrected chi connectivity index (χ1v) is 8.35. The summed E-state index contributed by atoms with van der Waals surface area (Å²) in [6.45, 7) is 5.34. The summed E-state index contributed by atoms with van der Waals surface area (Å²) in [5, 5.41) is 3.36. The number of pyridine rings is 1. The van der Waals surface area contributed by atoms with E-state index in [0.29, 0.717) is 30.3 Å². The number of aromatic nitrogens is 1. The number of benzene rings is 1. The molecule has 0 saturated carbocycles. The molecule has 1 N–H and O–H groups in total. The summed E-state index contributed by atoms with van der Waals surface area (Å²) in [6, 6.07) is 11.3. The molecule has 2 heterocycles. The number of aryl methyl sites for hydroxylation is 1. The molecular weight excluding hydrogens is 326 g/mol. The van der Waals surface area contributed by atoms with Crippen LogP contribution in [0.4, 0.5) is 5.82 Å². The molecule has 0 radical (unpaired) electrons. The zero-order valence-electron chi connectivity index (χ0n) is 13.6. The van der Waals surface area contributed by atoms with Crippen molar-refractivity contribution in [1.82, 2.24) is 10.3 Å². The first-order valence-electron chi connectivity index (χ1n) is 7.97. The third kappa shape index (κ3) is 3.86. The van der Waals surface area contributed by atoms with Crippen molar-refractivity contribution in [3.8, 4) is 0 Å². The lowest BCUT2D eigenvalue weighted by atomic mass is 10.1. The molecule has 1 aliphatic rings. The fourth-order valence-electron chi connectivity index (χ4n) is 2.71. The average molecular weight is 346 g/mol. The van der Waals surface area contributed by atoms with E-state index in [1.165, 1.54) is 0 Å². The molecule has 5 nitrogen and oxygen atoms in total. The van der Waals surface area contributed by atoms with Gasteiger partial charge in [-0.25, -0.2) is 4.98 Å². The van der Waals surface area contributed by atoms with Gasteiger partial charge in [-0.05, 0) is 30.7 Å². The van der Waals surface area contributed by atoms with E-state index in [2.05, 4.69) is 15.2 Å². The van der Waals surface area contributed by atoms with E-state index in [0.717, 1.165) is 30.2 Å². The molecule has 1 saturated heterocycles. The van der Waals surface area contributed by atoms with Gasteiger partial charge in [-0.15, -0.1) is 0 Å². The molecule has 0 atom stereocenters. The molecule has 0 bridgehead atoms. The van der Waals surface area contributed by atoms with Crippen LogP contribution in [-0.4, -0.2) is 37.2 Å². The van der Waals surface area contributed by atoms with Gasteiger partial charge in [-0.2, -0.15) is 0 Å². The van der Waals surface area contributed by atoms with E-state index in [9.17, 15) is 4.79 Å². The fraction of sp³-hybridized carbons (Fsp3) is 0.333. The molecule has 3 rings (SSSR count). The Hall–Kier alpha value is -2.11. The van der Waals surface area contributed by atoms with Crippen LogP contribution in [0.3, 0.4) is 0 Å². The summed E-state index contributed by atoms with van der Waals surface area (Å²) < 4.78 is 5.36. The van der Waals surface area contributed by atoms with Gasteiger partial charge in [0.25, 0.3) is 5.91 Å². The van der Waals surface area contributed by atoms with Crippen LogP contribution in [0.5, 0.6) is 0 Å². The van der Waals surface area contributed by atoms with Crippen molar-refractivity contribution in [2.75, 3.05) is 31.2 Å². The first-order chi connectivity index (χ1) is 11.6. The number of rotatable bonds is 4. The average Bonchev–Trinajstić information content (AvgIpc) is 2.61. The van der Waals surface area contributed by atoms with Crippen LogP contribution >= 0.6 is 11.6 Å². The zero-order valence-corrected chi connectivity index (χ0v) is 14.3. The van der Waals surface area contributed by atoms with Crippen LogP contribution in [-0.2, 0) is 11.3 Å². The molecule has 2 aromatic rings. The number of amides is 1. The number of hydrogen-bond donors (Lipinski definition) is 1. The van der Waals surface area contributed by atoms with E-state index in [-0.39, 0.29) is 5.91 Å². The van der Waals surface area contributed by atoms with Crippen molar-refractivity contribution < 1.29 is 9.53 Å². The third-order valence-corrected chi connectivity index (χ3v) is 4.32. The highest BCUT2D eigenvalue weighted by molar-refractivity contribution is 6.34. The highest BCUT2D eigenvalue weighted by Crippen LogP contribution is 2.19. The topological polar surface area (TPSA) is 54.5 Å². The number of halogens is 1. The Morgan fingerprint density at radius 1 is 1.25 bits per heavy atom. The van der Waals surface area contributed by atoms with Crippen LogP contribution in [0.25, 0.3) is 0 Å². The lowest BCUT2D eigenvalue weighted by Crippen LogP contribution is -2.37. The maximum Gasteiger partial charge on any atom is 0.253 e. The largest absolute Gasteiger partial charge is 0.378 e. The summed E-state index contributed by atoms with van der Waals surface area (Å²) in [5.74, 6) is 0.732. The van der Waals surface area contributed by atoms with E-state index in [1.807, 2.05) is 37.3 Å². The second-order valence-corrected chi connectivity index (χ2v) is 6.11. The predicted molar refractivity (Wildman–Crippen MR) is 94.6 cm³/mol. The summed E-state index contributed by atoms with van der Waals surface area (Å²) in [5.41, 5.74) is 2.19. The highest BCUT2D eigenvalue weighted by atomic mass is 35.5. The molecule has 1 fully saturated rings. The predicted octanol–water partition coefficient (Wildman–Crippen LogP) is 2.81. The summed E-state index contributed by atoms with van der Waals surface area (Å²) in [7, 11) is 0. The number of nitrogens with zero attached hydrogens (tertiary/aromatic N) is 2. The van der Waals surface area contributed by atoms with Crippen molar-refractivity contribution >= 4 is 23.3 Å². The molecule has 1 amide bonds. The number of carbonyl (C=O) groups excluding carboxylic acids is 1. The number of carbonyl (C=O) groups is 1. The van der Waals surface area contributed by atoms with Gasteiger partial charge in [0.2, 0.25) is 0 Å². The second kappa shape index (κ2) is 7.64. The quantitative estimate of drug-likeness (QED) is 0.925. The van der Waals surface area contributed by atoms with Gasteiger partial charge in [0.05, 0.1) is 36.0 Å². The Morgan fingerprint density at radius 2 is 2.00 bits per heavy atom. The molecule has 1 aromatic heterocycles. The van der Waals surface area contributed by atoms with Gasteiger partial charge >= 0.3 is 0 Å². The molecule has 0 aliphatic carbocycles. The van der Waals surface area contributed by atoms with Gasteiger partial charge in [0, 0.05) is 13.1 Å². The second-order valence-electron chi connectivity index (χ2n) is 5.70. The SMILES string of the molecule is Cc1cccc(Cl)c1C(=O)NCc1cccc(N2CCOCC2)n1. The maximum atomic E-state index is 12.4. The van der Waals surface area contributed by atoms with E-state index in [4.69, 9.17) is 16.3 Å². The number of nitrogens with one attached hydrogen (secondary N) is 1. The molecule has 126 valence electrons. The Morgan fingerprint density at radius 3 is 2.75 bits per heavy atom. The van der Waals surface area contributed by atoms with Crippen LogP contribution in [0, 0.1) is 6.92 Å². The molecule has 1 aromatic carbocycles. The van der Waals surface area contributed by atoms with E-state index < -0.39 is 0 Å². The van der Waals surface area contributed by atoms with Crippen LogP contribution in [0.15, 0.2) is 36.4 Å². The minimum Gasteiger partial charge on any atom is -0.378 e. The highest BCUT2D eigenvalue weighted by Gasteiger charge is 2.15. The minimum atomic E-state index is -0.184. The van der Waals surface area contributed by atoms with Crippen LogP contribution in [0.1, 0.15) is 21.6 Å². The fourth-order valence-corrected chi connectivity index (χ4v) is 3.02. The van der Waals surface area contributed by atoms with E-state index in [1.54, 1.807) is 6.07 Å². The molecule has 1 aliphatic heterocycles. The van der Waals surface area contributed by atoms with Crippen LogP contribution < -0.4 is 10.2 Å². The Balaban J connectivity index is 1.67. The summed E-state index contributed by atoms with van der Waals surface area (Å²) >= 11 is 6.14. The minimum absolute atomic E-state index is 0.184. The standard InChI is InChI=1S/C18H20ClN3O2/c1-13-4-2-6-15(19)17(13)18(23)20-12-14-5-3-7-16(21-14)22-8-10-24-11-9-22/h2-7H,8-12H2,1H3,(H,20,23). The first kappa shape index (κ1) is 16.7. The summed E-state index contributed by atoms with van der Waals surface area (Å²) in [6.07, 6.45) is 0. The Kier molecular flexibility index (Phi) is 5.33. The maximum absolute atomic E-state index is 12.4. The lowest BCUT2D eigenvalue weighted by molar-refractivity contribution is 0.0950. The number of ether oxygens (including phenoxy) is 1. The van der Waals surface area contributed by atoms with Gasteiger partial charge in [0.1, 0.15) is 5.82 Å². The van der Waals surface area contributed by atoms with Gasteiger partial charge in [-0.3, -0.25) is 4.79 Å². The molecule has 24 heavy (non-hydrogen) atoms. The molecule has 0 spiro atoms. The lowest BCUT2D eigenvalue weighted by Gasteiger charge is -2.28. The Bertz CT molecular complexity index is 710. The number of anilines is 1. The normalized spacial score (nSPS) is 14.5. The molecule has 6 heteroatoms. The van der Waals surface area contributed by atoms with E-state index >= 15 is 0 Å². The molecule has 0 unspecified atom stereocenters. The van der Waals surface area contributed by atoms with Crippen molar-refractivity contribution in [3.05, 3.63) is 58.2 Å². The van der Waals surface area contributed by atoms with Crippen molar-refractivity contribution in [1.29, 1.82) is 0 Å². The zero-order chi connectivity index (χ0) is 16.9. The van der Waals surface area contributed by atoms with Crippen molar-refractivity contribution in [2.24, 2.45) is 0 Å². The van der Waals surface area contributed by atoms with Crippen molar-refractivity contribution in [3.63, 3.8) is 0 Å². The van der Waals surface area contributed by atoms with Gasteiger partial charge < -0.3 is 15.0 Å². The smallest absolute Gasteiger partial charge is 0.253 e. The number of morpholine rings is 1. The van der Waals surface area contributed by atoms with Crippen LogP contribution in [0.2, 0.25) is 5.02 Å². The van der Waals surface area contributed by atoms with Gasteiger partial charge in [-0.1, -0.05) is 29.8 Å². The Labute approximate surface area is 146 Å². The number of hydrogen-bond acceptors (Lipinski definition) is 4. The molecular formula is C18H20ClN3O2. The third-order valence-electron chi connectivity index (χ3n) is 4.01. The summed E-state index contributed by atoms with van der Waals surface area (Å²) in [4.78, 5) is 19.2. The van der Waals surface area contributed by atoms with Gasteiger partial charge in [0.15, 0.2) is 0 Å².